The van der Waals surface area contributed by atoms with Crippen LogP contribution in [0, 0.1) is 5.92 Å². The minimum atomic E-state index is -5.08. The number of nitrogens with zero attached hydrogens (tertiary/aromatic N) is 6. The van der Waals surface area contributed by atoms with Crippen molar-refractivity contribution in [2.75, 3.05) is 18.0 Å². The number of aliphatic carboxylic acids is 1. The molecule has 4 rings (SSSR count). The molecule has 0 unspecified atom stereocenters. The number of hydrogen-bond acceptors (Lipinski definition) is 7. The van der Waals surface area contributed by atoms with E-state index in [1.165, 1.54) is 0 Å². The van der Waals surface area contributed by atoms with Crippen molar-refractivity contribution >= 4 is 28.3 Å². The smallest absolute Gasteiger partial charge is 0.475 e. The zero-order valence-electron chi connectivity index (χ0n) is 16.1. The number of piperidine rings is 1. The highest BCUT2D eigenvalue weighted by Gasteiger charge is 2.45. The molecule has 1 amide bonds. The van der Waals surface area contributed by atoms with Gasteiger partial charge in [-0.1, -0.05) is 0 Å². The van der Waals surface area contributed by atoms with E-state index in [9.17, 15) is 18.0 Å². The van der Waals surface area contributed by atoms with Crippen LogP contribution in [-0.4, -0.2) is 73.0 Å². The van der Waals surface area contributed by atoms with Gasteiger partial charge in [0.1, 0.15) is 12.7 Å². The molecule has 2 aromatic rings. The van der Waals surface area contributed by atoms with Crippen LogP contribution in [0.5, 0.6) is 0 Å². The van der Waals surface area contributed by atoms with Crippen LogP contribution in [0.1, 0.15) is 19.8 Å². The van der Waals surface area contributed by atoms with Crippen LogP contribution in [0.15, 0.2) is 24.2 Å². The SMILES string of the molecule is CC(=O)N1CC[C@H]2[C@H](C[C@@H](Cn3cncn3)N2c2nccs2)C1.O=C(O)C(F)(F)F. The highest BCUT2D eigenvalue weighted by atomic mass is 32.1. The quantitative estimate of drug-likeness (QED) is 0.768. The second kappa shape index (κ2) is 8.98. The number of carbonyl (C=O) groups excluding carboxylic acids is 1. The van der Waals surface area contributed by atoms with E-state index in [1.54, 1.807) is 30.9 Å². The first-order chi connectivity index (χ1) is 14.2. The Morgan fingerprint density at radius 1 is 1.37 bits per heavy atom. The van der Waals surface area contributed by atoms with E-state index >= 15 is 0 Å². The van der Waals surface area contributed by atoms with Crippen molar-refractivity contribution in [1.29, 1.82) is 0 Å². The van der Waals surface area contributed by atoms with Crippen molar-refractivity contribution in [3.05, 3.63) is 24.2 Å². The number of thiazole rings is 1. The lowest BCUT2D eigenvalue weighted by atomic mass is 9.92. The zero-order chi connectivity index (χ0) is 21.9. The number of hydrogen-bond donors (Lipinski definition) is 1. The summed E-state index contributed by atoms with van der Waals surface area (Å²) in [4.78, 5) is 33.6. The highest BCUT2D eigenvalue weighted by Crippen LogP contribution is 2.40. The van der Waals surface area contributed by atoms with Gasteiger partial charge in [0.05, 0.1) is 12.6 Å². The lowest BCUT2D eigenvalue weighted by Gasteiger charge is -2.38. The van der Waals surface area contributed by atoms with Gasteiger partial charge in [-0.2, -0.15) is 18.3 Å². The standard InChI is InChI=1S/C15H20N6OS.C2HF3O2/c1-11(22)19-4-2-14-12(7-19)6-13(8-20-10-16-9-18-20)21(14)15-17-3-5-23-15;3-2(4,5)1(6)7/h3,5,9-10,12-14H,2,4,6-8H2,1H3;(H,6,7)/t12-,13+,14+;/m1./s1. The van der Waals surface area contributed by atoms with Crippen molar-refractivity contribution in [3.63, 3.8) is 0 Å². The minimum Gasteiger partial charge on any atom is -0.475 e. The Morgan fingerprint density at radius 3 is 2.63 bits per heavy atom. The van der Waals surface area contributed by atoms with E-state index < -0.39 is 12.1 Å². The number of anilines is 1. The molecule has 1 N–H and O–H groups in total. The van der Waals surface area contributed by atoms with Gasteiger partial charge in [-0.3, -0.25) is 9.48 Å². The molecule has 0 spiro atoms. The monoisotopic (exact) mass is 446 g/mol. The number of aromatic nitrogens is 4. The van der Waals surface area contributed by atoms with Gasteiger partial charge in [-0.25, -0.2) is 14.8 Å². The van der Waals surface area contributed by atoms with E-state index in [1.807, 2.05) is 21.2 Å². The predicted molar refractivity (Wildman–Crippen MR) is 101 cm³/mol. The fourth-order valence-electron chi connectivity index (χ4n) is 3.98. The number of likely N-dealkylation sites (tertiary alicyclic amines) is 1. The Bertz CT molecular complexity index is 846. The molecule has 30 heavy (non-hydrogen) atoms. The van der Waals surface area contributed by atoms with Crippen LogP contribution in [-0.2, 0) is 16.1 Å². The average molecular weight is 446 g/mol. The number of carboxylic acids is 1. The summed E-state index contributed by atoms with van der Waals surface area (Å²) in [5.74, 6) is -2.07. The number of carboxylic acid groups (broad SMARTS) is 1. The van der Waals surface area contributed by atoms with Crippen molar-refractivity contribution in [3.8, 4) is 0 Å². The molecule has 2 aliphatic heterocycles. The molecule has 13 heteroatoms. The second-order valence-electron chi connectivity index (χ2n) is 7.11. The molecule has 0 bridgehead atoms. The maximum absolute atomic E-state index is 11.7. The Balaban J connectivity index is 0.000000318. The van der Waals surface area contributed by atoms with E-state index in [0.29, 0.717) is 18.0 Å². The van der Waals surface area contributed by atoms with Gasteiger partial charge in [0.2, 0.25) is 5.91 Å². The fraction of sp³-hybridized carbons (Fsp3) is 0.588. The maximum Gasteiger partial charge on any atom is 0.490 e. The van der Waals surface area contributed by atoms with Crippen molar-refractivity contribution in [2.24, 2.45) is 5.92 Å². The van der Waals surface area contributed by atoms with Gasteiger partial charge in [0.15, 0.2) is 5.13 Å². The molecule has 2 aromatic heterocycles. The van der Waals surface area contributed by atoms with Gasteiger partial charge < -0.3 is 14.9 Å². The number of carbonyl (C=O) groups is 2. The summed E-state index contributed by atoms with van der Waals surface area (Å²) in [6.45, 7) is 4.18. The molecule has 0 aromatic carbocycles. The Hall–Kier alpha value is -2.70. The lowest BCUT2D eigenvalue weighted by molar-refractivity contribution is -0.192. The first kappa shape index (κ1) is 22.0. The Labute approximate surface area is 174 Å². The fourth-order valence-corrected chi connectivity index (χ4v) is 4.76. The summed E-state index contributed by atoms with van der Waals surface area (Å²) in [6, 6.07) is 0.815. The third-order valence-electron chi connectivity index (χ3n) is 5.21. The van der Waals surface area contributed by atoms with E-state index in [0.717, 1.165) is 37.6 Å². The number of alkyl halides is 3. The number of amides is 1. The van der Waals surface area contributed by atoms with Gasteiger partial charge in [0.25, 0.3) is 0 Å². The summed E-state index contributed by atoms with van der Waals surface area (Å²) >= 11 is 1.69. The molecule has 164 valence electrons. The Morgan fingerprint density at radius 2 is 2.10 bits per heavy atom. The molecular weight excluding hydrogens is 425 g/mol. The molecule has 2 aliphatic rings. The molecule has 0 saturated carbocycles. The summed E-state index contributed by atoms with van der Waals surface area (Å²) < 4.78 is 33.6. The molecule has 0 radical (unpaired) electrons. The van der Waals surface area contributed by atoms with Crippen molar-refractivity contribution < 1.29 is 27.9 Å². The molecule has 3 atom stereocenters. The summed E-state index contributed by atoms with van der Waals surface area (Å²) in [6.07, 6.45) is 2.20. The summed E-state index contributed by atoms with van der Waals surface area (Å²) in [7, 11) is 0. The van der Waals surface area contributed by atoms with E-state index in [-0.39, 0.29) is 5.91 Å². The van der Waals surface area contributed by atoms with Gasteiger partial charge in [0, 0.05) is 37.6 Å². The third-order valence-corrected chi connectivity index (χ3v) is 6.00. The average Bonchev–Trinajstić information content (AvgIpc) is 3.41. The predicted octanol–water partition coefficient (Wildman–Crippen LogP) is 1.88. The number of halogens is 3. The van der Waals surface area contributed by atoms with Crippen LogP contribution < -0.4 is 4.90 Å². The maximum atomic E-state index is 11.7. The lowest BCUT2D eigenvalue weighted by Crippen LogP contribution is -2.48. The second-order valence-corrected chi connectivity index (χ2v) is 7.99. The largest absolute Gasteiger partial charge is 0.490 e. The minimum absolute atomic E-state index is 0.184. The number of fused-ring (bicyclic) bond motifs is 1. The van der Waals surface area contributed by atoms with Gasteiger partial charge in [-0.05, 0) is 18.8 Å². The van der Waals surface area contributed by atoms with Crippen LogP contribution in [0.25, 0.3) is 0 Å². The van der Waals surface area contributed by atoms with E-state index in [4.69, 9.17) is 9.90 Å². The molecular formula is C17H21F3N6O3S. The molecule has 2 saturated heterocycles. The molecule has 0 aliphatic carbocycles. The zero-order valence-corrected chi connectivity index (χ0v) is 16.9. The number of rotatable bonds is 3. The third kappa shape index (κ3) is 5.07. The molecule has 4 heterocycles. The van der Waals surface area contributed by atoms with Crippen LogP contribution in [0.4, 0.5) is 18.3 Å². The first-order valence-electron chi connectivity index (χ1n) is 9.22. The van der Waals surface area contributed by atoms with Crippen LogP contribution in [0.2, 0.25) is 0 Å². The van der Waals surface area contributed by atoms with Crippen LogP contribution >= 0.6 is 11.3 Å². The molecule has 2 fully saturated rings. The van der Waals surface area contributed by atoms with Gasteiger partial charge in [-0.15, -0.1) is 11.3 Å². The van der Waals surface area contributed by atoms with Crippen molar-refractivity contribution in [1.82, 2.24) is 24.6 Å². The highest BCUT2D eigenvalue weighted by molar-refractivity contribution is 7.13. The first-order valence-corrected chi connectivity index (χ1v) is 10.1. The van der Waals surface area contributed by atoms with E-state index in [2.05, 4.69) is 20.0 Å². The summed E-state index contributed by atoms with van der Waals surface area (Å²) in [5, 5.41) is 14.5. The molecule has 9 nitrogen and oxygen atoms in total. The summed E-state index contributed by atoms with van der Waals surface area (Å²) in [5.41, 5.74) is 0. The van der Waals surface area contributed by atoms with Gasteiger partial charge >= 0.3 is 12.1 Å². The topological polar surface area (TPSA) is 104 Å². The van der Waals surface area contributed by atoms with Crippen molar-refractivity contribution in [2.45, 2.75) is 44.6 Å². The normalized spacial score (nSPS) is 23.5. The Kier molecular flexibility index (Phi) is 6.58. The van der Waals surface area contributed by atoms with Crippen LogP contribution in [0.3, 0.4) is 0 Å².